The highest BCUT2D eigenvalue weighted by atomic mass is 32.1. The first-order valence-corrected chi connectivity index (χ1v) is 7.23. The average Bonchev–Trinajstić information content (AvgIpc) is 2.82. The van der Waals surface area contributed by atoms with Gasteiger partial charge in [-0.25, -0.2) is 0 Å². The van der Waals surface area contributed by atoms with Crippen LogP contribution in [0.25, 0.3) is 0 Å². The Hall–Kier alpha value is -1.26. The average molecular weight is 259 g/mol. The number of nitrogens with zero attached hydrogens (tertiary/aromatic N) is 2. The first-order chi connectivity index (χ1) is 8.83. The summed E-state index contributed by atoms with van der Waals surface area (Å²) in [5.41, 5.74) is 2.89. The molecule has 1 aromatic heterocycles. The van der Waals surface area contributed by atoms with Crippen LogP contribution in [0.4, 0.5) is 0 Å². The lowest BCUT2D eigenvalue weighted by Gasteiger charge is -2.27. The number of benzene rings is 1. The van der Waals surface area contributed by atoms with E-state index in [0.29, 0.717) is 12.0 Å². The van der Waals surface area contributed by atoms with Crippen LogP contribution < -0.4 is 5.32 Å². The van der Waals surface area contributed by atoms with Gasteiger partial charge in [0.2, 0.25) is 0 Å². The Balaban J connectivity index is 1.84. The van der Waals surface area contributed by atoms with Crippen molar-refractivity contribution < 1.29 is 0 Å². The van der Waals surface area contributed by atoms with E-state index in [0.717, 1.165) is 22.9 Å². The Morgan fingerprint density at radius 2 is 2.22 bits per heavy atom. The number of aromatic nitrogens is 2. The second-order valence-electron chi connectivity index (χ2n) is 4.68. The second-order valence-corrected chi connectivity index (χ2v) is 5.72. The van der Waals surface area contributed by atoms with Gasteiger partial charge in [-0.2, -0.15) is 0 Å². The van der Waals surface area contributed by atoms with Gasteiger partial charge in [0.25, 0.3) is 0 Å². The van der Waals surface area contributed by atoms with Gasteiger partial charge in [-0.1, -0.05) is 42.5 Å². The van der Waals surface area contributed by atoms with Crippen molar-refractivity contribution in [3.8, 4) is 0 Å². The van der Waals surface area contributed by atoms with E-state index in [1.165, 1.54) is 11.1 Å². The maximum atomic E-state index is 4.38. The van der Waals surface area contributed by atoms with Crippen LogP contribution in [0.3, 0.4) is 0 Å². The van der Waals surface area contributed by atoms with Gasteiger partial charge in [-0.3, -0.25) is 0 Å². The van der Waals surface area contributed by atoms with Gasteiger partial charge in [-0.15, -0.1) is 10.2 Å². The zero-order valence-electron chi connectivity index (χ0n) is 10.7. The van der Waals surface area contributed by atoms with E-state index in [4.69, 9.17) is 0 Å². The molecular weight excluding hydrogens is 242 g/mol. The first-order valence-electron chi connectivity index (χ1n) is 6.41. The van der Waals surface area contributed by atoms with Crippen LogP contribution in [0.15, 0.2) is 24.3 Å². The molecule has 3 rings (SSSR count). The smallest absolute Gasteiger partial charge is 0.134 e. The SMILES string of the molecule is CCC(NC)c1nnc(C2Cc3ccccc32)s1. The van der Waals surface area contributed by atoms with Crippen LogP contribution in [0.1, 0.15) is 46.4 Å². The molecule has 1 aromatic carbocycles. The molecule has 18 heavy (non-hydrogen) atoms. The Bertz CT molecular complexity index is 545. The van der Waals surface area contributed by atoms with E-state index in [9.17, 15) is 0 Å². The van der Waals surface area contributed by atoms with Crippen LogP contribution in [0.5, 0.6) is 0 Å². The maximum absolute atomic E-state index is 4.38. The van der Waals surface area contributed by atoms with Crippen LogP contribution >= 0.6 is 11.3 Å². The summed E-state index contributed by atoms with van der Waals surface area (Å²) in [5.74, 6) is 0.474. The molecule has 0 fully saturated rings. The summed E-state index contributed by atoms with van der Waals surface area (Å²) >= 11 is 1.75. The van der Waals surface area contributed by atoms with Crippen molar-refractivity contribution in [2.24, 2.45) is 0 Å². The van der Waals surface area contributed by atoms with E-state index in [-0.39, 0.29) is 0 Å². The molecule has 2 unspecified atom stereocenters. The molecule has 1 aliphatic rings. The molecule has 1 aliphatic carbocycles. The maximum Gasteiger partial charge on any atom is 0.134 e. The molecule has 0 bridgehead atoms. The molecular formula is C14H17N3S. The number of hydrogen-bond donors (Lipinski definition) is 1. The minimum atomic E-state index is 0.339. The van der Waals surface area contributed by atoms with Crippen molar-refractivity contribution in [1.82, 2.24) is 15.5 Å². The van der Waals surface area contributed by atoms with Crippen LogP contribution in [-0.4, -0.2) is 17.2 Å². The summed E-state index contributed by atoms with van der Waals surface area (Å²) in [6.45, 7) is 2.17. The molecule has 1 heterocycles. The van der Waals surface area contributed by atoms with Crippen molar-refractivity contribution in [3.05, 3.63) is 45.4 Å². The molecule has 2 atom stereocenters. The van der Waals surface area contributed by atoms with E-state index in [1.54, 1.807) is 11.3 Å². The first kappa shape index (κ1) is 11.8. The van der Waals surface area contributed by atoms with E-state index < -0.39 is 0 Å². The summed E-state index contributed by atoms with van der Waals surface area (Å²) in [7, 11) is 1.98. The topological polar surface area (TPSA) is 37.8 Å². The van der Waals surface area contributed by atoms with Crippen molar-refractivity contribution in [2.45, 2.75) is 31.7 Å². The third-order valence-corrected chi connectivity index (χ3v) is 4.81. The fraction of sp³-hybridized carbons (Fsp3) is 0.429. The lowest BCUT2D eigenvalue weighted by Crippen LogP contribution is -2.17. The summed E-state index contributed by atoms with van der Waals surface area (Å²) in [4.78, 5) is 0. The summed E-state index contributed by atoms with van der Waals surface area (Å²) < 4.78 is 0. The Kier molecular flexibility index (Phi) is 3.14. The van der Waals surface area contributed by atoms with Crippen LogP contribution in [0, 0.1) is 0 Å². The molecule has 0 spiro atoms. The largest absolute Gasteiger partial charge is 0.311 e. The highest BCUT2D eigenvalue weighted by Gasteiger charge is 2.30. The molecule has 0 saturated carbocycles. The lowest BCUT2D eigenvalue weighted by atomic mass is 9.78. The Morgan fingerprint density at radius 1 is 1.39 bits per heavy atom. The van der Waals surface area contributed by atoms with E-state index >= 15 is 0 Å². The third kappa shape index (κ3) is 1.85. The number of fused-ring (bicyclic) bond motifs is 1. The fourth-order valence-corrected chi connectivity index (χ4v) is 3.67. The fourth-order valence-electron chi connectivity index (χ4n) is 2.51. The van der Waals surface area contributed by atoms with Crippen molar-refractivity contribution in [3.63, 3.8) is 0 Å². The standard InChI is InChI=1S/C14H17N3S/c1-3-12(15-2)14-17-16-13(18-14)11-8-9-6-4-5-7-10(9)11/h4-7,11-12,15H,3,8H2,1-2H3. The van der Waals surface area contributed by atoms with Crippen molar-refractivity contribution in [2.75, 3.05) is 7.05 Å². The monoisotopic (exact) mass is 259 g/mol. The molecule has 94 valence electrons. The predicted octanol–water partition coefficient (Wildman–Crippen LogP) is 2.90. The number of rotatable bonds is 4. The molecule has 2 aromatic rings. The molecule has 4 heteroatoms. The zero-order chi connectivity index (χ0) is 12.5. The van der Waals surface area contributed by atoms with Crippen LogP contribution in [0.2, 0.25) is 0 Å². The van der Waals surface area contributed by atoms with Gasteiger partial charge < -0.3 is 5.32 Å². The molecule has 0 saturated heterocycles. The Labute approximate surface area is 111 Å². The van der Waals surface area contributed by atoms with Crippen LogP contribution in [-0.2, 0) is 6.42 Å². The van der Waals surface area contributed by atoms with Crippen molar-refractivity contribution >= 4 is 11.3 Å². The van der Waals surface area contributed by atoms with Gasteiger partial charge in [0, 0.05) is 5.92 Å². The molecule has 0 amide bonds. The minimum absolute atomic E-state index is 0.339. The number of nitrogens with one attached hydrogen (secondary N) is 1. The molecule has 0 radical (unpaired) electrons. The van der Waals surface area contributed by atoms with Gasteiger partial charge in [0.05, 0.1) is 6.04 Å². The minimum Gasteiger partial charge on any atom is -0.311 e. The van der Waals surface area contributed by atoms with Gasteiger partial charge in [0.1, 0.15) is 10.0 Å². The summed E-state index contributed by atoms with van der Waals surface area (Å²) in [6.07, 6.45) is 2.16. The summed E-state index contributed by atoms with van der Waals surface area (Å²) in [6, 6.07) is 8.96. The highest BCUT2D eigenvalue weighted by molar-refractivity contribution is 7.11. The second kappa shape index (κ2) is 4.78. The third-order valence-electron chi connectivity index (χ3n) is 3.66. The molecule has 0 aliphatic heterocycles. The summed E-state index contributed by atoms with van der Waals surface area (Å²) in [5, 5.41) is 14.3. The lowest BCUT2D eigenvalue weighted by molar-refractivity contribution is 0.567. The number of hydrogen-bond acceptors (Lipinski definition) is 4. The van der Waals surface area contributed by atoms with Gasteiger partial charge >= 0.3 is 0 Å². The highest BCUT2D eigenvalue weighted by Crippen LogP contribution is 2.41. The van der Waals surface area contributed by atoms with E-state index in [1.807, 2.05) is 7.05 Å². The zero-order valence-corrected chi connectivity index (χ0v) is 11.5. The predicted molar refractivity (Wildman–Crippen MR) is 74.0 cm³/mol. The normalized spacial score (nSPS) is 19.1. The van der Waals surface area contributed by atoms with E-state index in [2.05, 4.69) is 46.7 Å². The quantitative estimate of drug-likeness (QED) is 0.917. The van der Waals surface area contributed by atoms with Crippen molar-refractivity contribution in [1.29, 1.82) is 0 Å². The molecule has 1 N–H and O–H groups in total. The Morgan fingerprint density at radius 3 is 2.94 bits per heavy atom. The van der Waals surface area contributed by atoms with Gasteiger partial charge in [0.15, 0.2) is 0 Å². The van der Waals surface area contributed by atoms with Gasteiger partial charge in [-0.05, 0) is 31.0 Å². The molecule has 3 nitrogen and oxygen atoms in total.